The Morgan fingerprint density at radius 1 is 0.794 bits per heavy atom. The van der Waals surface area contributed by atoms with Gasteiger partial charge >= 0.3 is 26.2 Å². The summed E-state index contributed by atoms with van der Waals surface area (Å²) in [5.74, 6) is 3.14. The molecule has 0 aromatic rings. The molecule has 0 aromatic heterocycles. The molecule has 5 heteroatoms. The number of hydrogen-bond donors (Lipinski definition) is 0. The van der Waals surface area contributed by atoms with Crippen LogP contribution in [-0.2, 0) is 30.6 Å². The van der Waals surface area contributed by atoms with Crippen LogP contribution in [-0.4, -0.2) is 14.9 Å². The summed E-state index contributed by atoms with van der Waals surface area (Å²) in [6.07, 6.45) is 25.2. The van der Waals surface area contributed by atoms with E-state index >= 15 is 0 Å². The van der Waals surface area contributed by atoms with Crippen molar-refractivity contribution in [2.45, 2.75) is 97.2 Å². The summed E-state index contributed by atoms with van der Waals surface area (Å²) in [6, 6.07) is 3.80. The maximum Gasteiger partial charge on any atom is 2.00 e. The molecule has 190 valence electrons. The minimum absolute atomic E-state index is 0. The fourth-order valence-electron chi connectivity index (χ4n) is 7.84. The van der Waals surface area contributed by atoms with Crippen LogP contribution in [0.25, 0.3) is 0 Å². The van der Waals surface area contributed by atoms with Crippen molar-refractivity contribution >= 4 is 8.32 Å². The number of allylic oxidation sites excluding steroid dienone is 8. The third-order valence-corrected chi connectivity index (χ3v) is 14.7. The molecule has 0 saturated heterocycles. The van der Waals surface area contributed by atoms with E-state index in [1.54, 1.807) is 11.1 Å². The molecule has 4 atom stereocenters. The van der Waals surface area contributed by atoms with E-state index in [1.165, 1.54) is 69.5 Å². The first-order chi connectivity index (χ1) is 15.1. The van der Waals surface area contributed by atoms with Crippen LogP contribution in [0.5, 0.6) is 0 Å². The molecule has 4 rings (SSSR count). The van der Waals surface area contributed by atoms with E-state index in [-0.39, 0.29) is 51.0 Å². The van der Waals surface area contributed by atoms with Gasteiger partial charge in [-0.1, -0.05) is 75.3 Å². The normalized spacial score (nSPS) is 28.9. The van der Waals surface area contributed by atoms with E-state index in [9.17, 15) is 0 Å². The topological polar surface area (TPSA) is 9.23 Å². The van der Waals surface area contributed by atoms with Crippen LogP contribution in [0.1, 0.15) is 79.1 Å². The maximum absolute atomic E-state index is 6.90. The van der Waals surface area contributed by atoms with E-state index in [4.69, 9.17) is 4.43 Å². The molecule has 0 heterocycles. The van der Waals surface area contributed by atoms with Gasteiger partial charge in [0.05, 0.1) is 0 Å². The van der Waals surface area contributed by atoms with Gasteiger partial charge in [0.25, 0.3) is 0 Å². The van der Waals surface area contributed by atoms with Gasteiger partial charge in [0.15, 0.2) is 8.32 Å². The zero-order valence-corrected chi connectivity index (χ0v) is 26.9. The van der Waals surface area contributed by atoms with E-state index in [1.807, 2.05) is 0 Å². The Morgan fingerprint density at radius 2 is 1.26 bits per heavy atom. The van der Waals surface area contributed by atoms with Gasteiger partial charge in [0, 0.05) is 6.61 Å². The summed E-state index contributed by atoms with van der Waals surface area (Å²) in [4.78, 5) is 0. The molecule has 0 radical (unpaired) electrons. The zero-order valence-electron chi connectivity index (χ0n) is 21.9. The average Bonchev–Trinajstić information content (AvgIpc) is 3.46. The number of hydrogen-bond acceptors (Lipinski definition) is 1. The Kier molecular flexibility index (Phi) is 13.9. The first kappa shape index (κ1) is 32.6. The van der Waals surface area contributed by atoms with Crippen LogP contribution < -0.4 is 24.8 Å². The monoisotopic (exact) mass is 598 g/mol. The summed E-state index contributed by atoms with van der Waals surface area (Å²) < 4.78 is 6.90. The smallest absolute Gasteiger partial charge is 1.00 e. The SMILES string of the molecule is CCC(CCO[Si](CC)(CC)CC)(C1CCC2CC=CC=C21)C1CCC2CC=CC=C21.[Cl-].[Cl-].[Zr+2]. The Labute approximate surface area is 242 Å². The molecule has 4 aliphatic rings. The predicted molar refractivity (Wildman–Crippen MR) is 137 cm³/mol. The Balaban J connectivity index is 0.00000193. The van der Waals surface area contributed by atoms with Gasteiger partial charge in [-0.15, -0.1) is 0 Å². The molecule has 1 nitrogen and oxygen atoms in total. The fourth-order valence-corrected chi connectivity index (χ4v) is 10.5. The second-order valence-corrected chi connectivity index (χ2v) is 15.5. The third kappa shape index (κ3) is 6.18. The van der Waals surface area contributed by atoms with Gasteiger partial charge in [-0.05, 0) is 98.6 Å². The minimum Gasteiger partial charge on any atom is -1.00 e. The number of fused-ring (bicyclic) bond motifs is 2. The standard InChI is InChI=1S/C29H46OSi.2ClH.Zr/c1-5-29(21-22-30-31(6-2,7-3)8-4,27-19-17-23-13-9-11-15-25(23)27)28-20-18-24-14-10-12-16-26(24)28;;;/h9-12,15-16,23-24,27-28H,5-8,13-14,17-22H2,1-4H3;2*1H;/q;;;+2/p-2. The first-order valence-corrected chi connectivity index (χ1v) is 16.0. The molecule has 0 N–H and O–H groups in total. The predicted octanol–water partition coefficient (Wildman–Crippen LogP) is 2.63. The van der Waals surface area contributed by atoms with E-state index < -0.39 is 8.32 Å². The first-order valence-electron chi connectivity index (χ1n) is 13.5. The maximum atomic E-state index is 6.90. The van der Waals surface area contributed by atoms with Crippen molar-refractivity contribution in [3.05, 3.63) is 47.6 Å². The third-order valence-electron chi connectivity index (χ3n) is 10.0. The second kappa shape index (κ2) is 14.5. The Hall–Kier alpha value is 0.600. The largest absolute Gasteiger partial charge is 2.00 e. The molecule has 2 saturated carbocycles. The molecule has 0 aliphatic heterocycles. The van der Waals surface area contributed by atoms with Gasteiger partial charge in [0.2, 0.25) is 0 Å². The Morgan fingerprint density at radius 3 is 1.68 bits per heavy atom. The van der Waals surface area contributed by atoms with Crippen LogP contribution in [0.15, 0.2) is 47.6 Å². The van der Waals surface area contributed by atoms with Crippen LogP contribution in [0.3, 0.4) is 0 Å². The number of halogens is 2. The quantitative estimate of drug-likeness (QED) is 0.351. The van der Waals surface area contributed by atoms with Gasteiger partial charge in [0.1, 0.15) is 0 Å². The molecule has 0 spiro atoms. The average molecular weight is 601 g/mol. The van der Waals surface area contributed by atoms with Crippen LogP contribution >= 0.6 is 0 Å². The zero-order chi connectivity index (χ0) is 21.9. The van der Waals surface area contributed by atoms with Gasteiger partial charge in [-0.2, -0.15) is 0 Å². The summed E-state index contributed by atoms with van der Waals surface area (Å²) in [5, 5.41) is 0. The van der Waals surface area contributed by atoms with E-state index in [0.29, 0.717) is 5.41 Å². The fraction of sp³-hybridized carbons (Fsp3) is 0.724. The van der Waals surface area contributed by atoms with Gasteiger partial charge < -0.3 is 29.2 Å². The van der Waals surface area contributed by atoms with Crippen molar-refractivity contribution in [2.24, 2.45) is 29.1 Å². The second-order valence-electron chi connectivity index (χ2n) is 10.7. The van der Waals surface area contributed by atoms with Crippen LogP contribution in [0, 0.1) is 29.1 Å². The molecular weight excluding hydrogens is 555 g/mol. The summed E-state index contributed by atoms with van der Waals surface area (Å²) >= 11 is 0. The molecule has 2 fully saturated rings. The minimum atomic E-state index is -1.53. The van der Waals surface area contributed by atoms with Crippen molar-refractivity contribution in [2.75, 3.05) is 6.61 Å². The summed E-state index contributed by atoms with van der Waals surface area (Å²) in [7, 11) is -1.53. The summed E-state index contributed by atoms with van der Waals surface area (Å²) in [6.45, 7) is 10.6. The van der Waals surface area contributed by atoms with E-state index in [2.05, 4.69) is 64.2 Å². The molecule has 0 bridgehead atoms. The molecule has 4 unspecified atom stereocenters. The molecule has 0 amide bonds. The summed E-state index contributed by atoms with van der Waals surface area (Å²) in [5.41, 5.74) is 3.97. The van der Waals surface area contributed by atoms with Gasteiger partial charge in [-0.25, -0.2) is 0 Å². The van der Waals surface area contributed by atoms with Crippen molar-refractivity contribution in [3.8, 4) is 0 Å². The van der Waals surface area contributed by atoms with Gasteiger partial charge in [-0.3, -0.25) is 0 Å². The molecular formula is C29H46Cl2OSiZr. The number of rotatable bonds is 10. The van der Waals surface area contributed by atoms with Crippen molar-refractivity contribution in [1.29, 1.82) is 0 Å². The molecule has 34 heavy (non-hydrogen) atoms. The molecule has 0 aromatic carbocycles. The van der Waals surface area contributed by atoms with Crippen LogP contribution in [0.4, 0.5) is 0 Å². The van der Waals surface area contributed by atoms with E-state index in [0.717, 1.165) is 30.3 Å². The Bertz CT molecular complexity index is 701. The van der Waals surface area contributed by atoms with Crippen molar-refractivity contribution < 1.29 is 55.4 Å². The van der Waals surface area contributed by atoms with Crippen molar-refractivity contribution in [3.63, 3.8) is 0 Å². The molecule has 4 aliphatic carbocycles. The van der Waals surface area contributed by atoms with Crippen LogP contribution in [0.2, 0.25) is 18.1 Å². The van der Waals surface area contributed by atoms with Crippen molar-refractivity contribution in [1.82, 2.24) is 0 Å².